The van der Waals surface area contributed by atoms with Gasteiger partial charge in [0.1, 0.15) is 11.6 Å². The van der Waals surface area contributed by atoms with Crippen LogP contribution in [0, 0.1) is 12.7 Å². The summed E-state index contributed by atoms with van der Waals surface area (Å²) in [6, 6.07) is 4.19. The van der Waals surface area contributed by atoms with Gasteiger partial charge in [0.2, 0.25) is 0 Å². The number of imidazole rings is 1. The number of aromatic nitrogens is 3. The lowest BCUT2D eigenvalue weighted by molar-refractivity contribution is 0.452. The summed E-state index contributed by atoms with van der Waals surface area (Å²) < 4.78 is 50.1. The van der Waals surface area contributed by atoms with Gasteiger partial charge in [0, 0.05) is 17.4 Å². The van der Waals surface area contributed by atoms with E-state index in [1.165, 1.54) is 12.1 Å². The quantitative estimate of drug-likeness (QED) is 0.726. The Balaban J connectivity index is 2.04. The van der Waals surface area contributed by atoms with Crippen LogP contribution < -0.4 is 0 Å². The first kappa shape index (κ1) is 16.3. The minimum absolute atomic E-state index is 0.329. The topological polar surface area (TPSA) is 77.1 Å². The molecule has 1 N–H and O–H groups in total. The highest BCUT2D eigenvalue weighted by atomic mass is 32.2. The molecule has 3 aromatic rings. The van der Waals surface area contributed by atoms with E-state index in [2.05, 4.69) is 9.55 Å². The van der Waals surface area contributed by atoms with Gasteiger partial charge < -0.3 is 9.13 Å². The summed E-state index contributed by atoms with van der Waals surface area (Å²) >= 11 is 0. The van der Waals surface area contributed by atoms with E-state index < -0.39 is 21.9 Å². The van der Waals surface area contributed by atoms with E-state index in [0.29, 0.717) is 18.8 Å². The molecule has 0 aliphatic carbocycles. The number of nitrogens with zero attached hydrogens (tertiary/aromatic N) is 3. The van der Waals surface area contributed by atoms with Crippen LogP contribution in [0.25, 0.3) is 22.3 Å². The zero-order valence-corrected chi connectivity index (χ0v) is 14.7. The maximum absolute atomic E-state index is 13.8. The molecule has 0 bridgehead atoms. The summed E-state index contributed by atoms with van der Waals surface area (Å²) in [5.41, 5.74) is 3.55. The van der Waals surface area contributed by atoms with Crippen molar-refractivity contribution in [2.45, 2.75) is 32.9 Å². The molecule has 0 radical (unpaired) electrons. The zero-order valence-electron chi connectivity index (χ0n) is 13.9. The molecule has 4 rings (SSSR count). The molecule has 1 aliphatic heterocycles. The molecule has 0 saturated heterocycles. The number of hydrogen-bond donors (Lipinski definition) is 1. The maximum Gasteiger partial charge on any atom is 0.266 e. The van der Waals surface area contributed by atoms with Crippen molar-refractivity contribution in [1.29, 1.82) is 0 Å². The van der Waals surface area contributed by atoms with E-state index >= 15 is 0 Å². The summed E-state index contributed by atoms with van der Waals surface area (Å²) in [6.45, 7) is 4.52. The van der Waals surface area contributed by atoms with Crippen LogP contribution in [0.3, 0.4) is 0 Å². The van der Waals surface area contributed by atoms with Gasteiger partial charge >= 0.3 is 0 Å². The Morgan fingerprint density at radius 3 is 2.84 bits per heavy atom. The molecular formula is C17H18FN3O3S. The fourth-order valence-corrected chi connectivity index (χ4v) is 4.77. The minimum Gasteiger partial charge on any atom is -0.339 e. The minimum atomic E-state index is -4.15. The predicted octanol–water partition coefficient (Wildman–Crippen LogP) is 2.96. The molecule has 6 nitrogen and oxygen atoms in total. The van der Waals surface area contributed by atoms with Gasteiger partial charge in [0.05, 0.1) is 29.4 Å². The number of benzene rings is 1. The monoisotopic (exact) mass is 363 g/mol. The Kier molecular flexibility index (Phi) is 3.52. The molecule has 8 heteroatoms. The molecule has 2 aromatic heterocycles. The van der Waals surface area contributed by atoms with Crippen molar-refractivity contribution in [3.05, 3.63) is 41.6 Å². The molecule has 0 spiro atoms. The molecule has 132 valence electrons. The average Bonchev–Trinajstić information content (AvgIpc) is 3.04. The van der Waals surface area contributed by atoms with Gasteiger partial charge in [-0.1, -0.05) is 0 Å². The standard InChI is InChI=1S/C17H18FN3O3S/c1-3-20-15-5-4-11(18)6-13(15)14-7-12(9-25(22,23)24)21-10(2)19-8-16(21)17(14)20/h4-6,8,12H,3,7,9H2,1-2H3,(H,22,23,24). The van der Waals surface area contributed by atoms with Crippen molar-refractivity contribution >= 4 is 21.0 Å². The Hall–Kier alpha value is -2.19. The van der Waals surface area contributed by atoms with Crippen LogP contribution in [0.5, 0.6) is 0 Å². The normalized spacial score (nSPS) is 16.9. The van der Waals surface area contributed by atoms with Gasteiger partial charge in [-0.05, 0) is 44.0 Å². The molecule has 3 heterocycles. The molecule has 0 fully saturated rings. The molecule has 1 atom stereocenters. The van der Waals surface area contributed by atoms with Gasteiger partial charge in [-0.15, -0.1) is 0 Å². The lowest BCUT2D eigenvalue weighted by Crippen LogP contribution is -2.26. The average molecular weight is 363 g/mol. The molecule has 1 aliphatic rings. The maximum atomic E-state index is 13.8. The van der Waals surface area contributed by atoms with Crippen LogP contribution in [0.4, 0.5) is 4.39 Å². The van der Waals surface area contributed by atoms with Gasteiger partial charge in [-0.25, -0.2) is 9.37 Å². The zero-order chi connectivity index (χ0) is 17.9. The van der Waals surface area contributed by atoms with Crippen molar-refractivity contribution in [2.75, 3.05) is 5.75 Å². The Morgan fingerprint density at radius 1 is 1.40 bits per heavy atom. The van der Waals surface area contributed by atoms with Crippen molar-refractivity contribution < 1.29 is 17.4 Å². The first-order valence-electron chi connectivity index (χ1n) is 8.10. The lowest BCUT2D eigenvalue weighted by atomic mass is 9.97. The van der Waals surface area contributed by atoms with E-state index in [1.807, 2.05) is 18.4 Å². The Bertz CT molecular complexity index is 1100. The van der Waals surface area contributed by atoms with Crippen LogP contribution in [-0.2, 0) is 23.1 Å². The largest absolute Gasteiger partial charge is 0.339 e. The van der Waals surface area contributed by atoms with Crippen LogP contribution in [-0.4, -0.2) is 32.8 Å². The molecule has 0 amide bonds. The number of aryl methyl sites for hydroxylation is 2. The highest BCUT2D eigenvalue weighted by Crippen LogP contribution is 2.42. The molecule has 1 aromatic carbocycles. The van der Waals surface area contributed by atoms with Gasteiger partial charge in [-0.3, -0.25) is 4.55 Å². The van der Waals surface area contributed by atoms with Gasteiger partial charge in [0.15, 0.2) is 0 Å². The fourth-order valence-electron chi connectivity index (χ4n) is 4.02. The van der Waals surface area contributed by atoms with Crippen LogP contribution in [0.15, 0.2) is 24.4 Å². The molecular weight excluding hydrogens is 345 g/mol. The number of hydrogen-bond acceptors (Lipinski definition) is 3. The van der Waals surface area contributed by atoms with E-state index in [-0.39, 0.29) is 5.82 Å². The third-order valence-corrected chi connectivity index (χ3v) is 5.68. The fraction of sp³-hybridized carbons (Fsp3) is 0.353. The van der Waals surface area contributed by atoms with Crippen molar-refractivity contribution in [3.63, 3.8) is 0 Å². The number of fused-ring (bicyclic) bond motifs is 5. The molecule has 0 saturated carbocycles. The third-order valence-electron chi connectivity index (χ3n) is 4.88. The van der Waals surface area contributed by atoms with Crippen LogP contribution in [0.2, 0.25) is 0 Å². The smallest absolute Gasteiger partial charge is 0.266 e. The Morgan fingerprint density at radius 2 is 2.16 bits per heavy atom. The van der Waals surface area contributed by atoms with E-state index in [9.17, 15) is 17.4 Å². The van der Waals surface area contributed by atoms with E-state index in [0.717, 1.165) is 27.9 Å². The van der Waals surface area contributed by atoms with E-state index in [1.54, 1.807) is 12.3 Å². The second kappa shape index (κ2) is 5.40. The summed E-state index contributed by atoms with van der Waals surface area (Å²) in [7, 11) is -4.15. The highest BCUT2D eigenvalue weighted by molar-refractivity contribution is 7.85. The first-order chi connectivity index (χ1) is 11.8. The van der Waals surface area contributed by atoms with Crippen molar-refractivity contribution in [1.82, 2.24) is 14.1 Å². The number of rotatable bonds is 3. The molecule has 1 unspecified atom stereocenters. The van der Waals surface area contributed by atoms with Gasteiger partial charge in [-0.2, -0.15) is 8.42 Å². The third kappa shape index (κ3) is 2.47. The summed E-state index contributed by atoms with van der Waals surface area (Å²) in [4.78, 5) is 4.34. The summed E-state index contributed by atoms with van der Waals surface area (Å²) in [6.07, 6.45) is 2.11. The van der Waals surface area contributed by atoms with Crippen molar-refractivity contribution in [2.24, 2.45) is 0 Å². The first-order valence-corrected chi connectivity index (χ1v) is 9.71. The van der Waals surface area contributed by atoms with E-state index in [4.69, 9.17) is 0 Å². The number of halogens is 1. The SMILES string of the molecule is CCn1c2c(c3cc(F)ccc31)CC(CS(=O)(=O)O)n1c-2cnc1C. The second-order valence-corrected chi connectivity index (χ2v) is 7.90. The van der Waals surface area contributed by atoms with Crippen LogP contribution >= 0.6 is 0 Å². The van der Waals surface area contributed by atoms with Gasteiger partial charge in [0.25, 0.3) is 10.1 Å². The summed E-state index contributed by atoms with van der Waals surface area (Å²) in [5, 5.41) is 0.780. The lowest BCUT2D eigenvalue weighted by Gasteiger charge is -2.27. The Labute approximate surface area is 144 Å². The molecule has 25 heavy (non-hydrogen) atoms. The van der Waals surface area contributed by atoms with Crippen molar-refractivity contribution in [3.8, 4) is 11.4 Å². The second-order valence-electron chi connectivity index (χ2n) is 6.40. The summed E-state index contributed by atoms with van der Waals surface area (Å²) in [5.74, 6) is -0.0383. The predicted molar refractivity (Wildman–Crippen MR) is 92.7 cm³/mol. The van der Waals surface area contributed by atoms with Crippen LogP contribution in [0.1, 0.15) is 24.4 Å². The highest BCUT2D eigenvalue weighted by Gasteiger charge is 2.33.